The van der Waals surface area contributed by atoms with Gasteiger partial charge in [-0.15, -0.1) is 0 Å². The summed E-state index contributed by atoms with van der Waals surface area (Å²) in [6.45, 7) is 5.00. The summed E-state index contributed by atoms with van der Waals surface area (Å²) in [6, 6.07) is 2.56. The zero-order valence-electron chi connectivity index (χ0n) is 11.6. The van der Waals surface area contributed by atoms with Crippen LogP contribution in [-0.4, -0.2) is 34.4 Å². The molecule has 0 aromatic carbocycles. The van der Waals surface area contributed by atoms with Crippen molar-refractivity contribution in [2.24, 2.45) is 5.41 Å². The first kappa shape index (κ1) is 15.6. The first-order valence-electron chi connectivity index (χ1n) is 5.97. The summed E-state index contributed by atoms with van der Waals surface area (Å²) in [5, 5.41) is 13.7. The lowest BCUT2D eigenvalue weighted by molar-refractivity contribution is -0.130. The molecule has 108 valence electrons. The highest BCUT2D eigenvalue weighted by Crippen LogP contribution is 2.12. The number of pyridine rings is 1. The Bertz CT molecular complexity index is 535. The van der Waals surface area contributed by atoms with Gasteiger partial charge in [-0.25, -0.2) is 9.78 Å². The molecule has 0 saturated heterocycles. The first-order chi connectivity index (χ1) is 9.20. The number of rotatable bonds is 4. The first-order valence-corrected chi connectivity index (χ1v) is 5.97. The van der Waals surface area contributed by atoms with Gasteiger partial charge < -0.3 is 15.7 Å². The molecule has 7 heteroatoms. The quantitative estimate of drug-likeness (QED) is 0.758. The van der Waals surface area contributed by atoms with Crippen molar-refractivity contribution in [3.63, 3.8) is 0 Å². The fraction of sp³-hybridized carbons (Fsp3) is 0.385. The molecule has 0 radical (unpaired) electrons. The number of anilines is 1. The van der Waals surface area contributed by atoms with Crippen molar-refractivity contribution < 1.29 is 19.5 Å². The number of nitrogens with one attached hydrogen (secondary N) is 2. The molecule has 0 aliphatic heterocycles. The van der Waals surface area contributed by atoms with Crippen molar-refractivity contribution in [1.29, 1.82) is 0 Å². The molecule has 1 aromatic heterocycles. The molecule has 0 saturated carbocycles. The Morgan fingerprint density at radius 3 is 2.50 bits per heavy atom. The van der Waals surface area contributed by atoms with Gasteiger partial charge in [-0.2, -0.15) is 0 Å². The van der Waals surface area contributed by atoms with Crippen LogP contribution in [0.5, 0.6) is 0 Å². The van der Waals surface area contributed by atoms with Gasteiger partial charge in [-0.05, 0) is 12.1 Å². The molecule has 0 spiro atoms. The molecular formula is C13H17N3O4. The third-order valence-corrected chi connectivity index (χ3v) is 2.37. The summed E-state index contributed by atoms with van der Waals surface area (Å²) in [6.07, 6.45) is 1.28. The maximum Gasteiger partial charge on any atom is 0.335 e. The fourth-order valence-electron chi connectivity index (χ4n) is 1.24. The Labute approximate surface area is 116 Å². The fourth-order valence-corrected chi connectivity index (χ4v) is 1.24. The van der Waals surface area contributed by atoms with Gasteiger partial charge in [0, 0.05) is 11.6 Å². The van der Waals surface area contributed by atoms with E-state index >= 15 is 0 Å². The SMILES string of the molecule is CC(C)(C)C(=O)NCC(=O)Nc1cc(C(=O)O)ccn1. The van der Waals surface area contributed by atoms with Crippen molar-refractivity contribution in [2.45, 2.75) is 20.8 Å². The lowest BCUT2D eigenvalue weighted by atomic mass is 9.96. The van der Waals surface area contributed by atoms with Crippen LogP contribution in [0.3, 0.4) is 0 Å². The number of nitrogens with zero attached hydrogens (tertiary/aromatic N) is 1. The van der Waals surface area contributed by atoms with E-state index in [1.807, 2.05) is 0 Å². The second kappa shape index (κ2) is 6.14. The minimum absolute atomic E-state index is 0.0222. The Kier molecular flexibility index (Phi) is 4.79. The summed E-state index contributed by atoms with van der Waals surface area (Å²) in [4.78, 5) is 37.8. The lowest BCUT2D eigenvalue weighted by Crippen LogP contribution is -2.39. The van der Waals surface area contributed by atoms with Gasteiger partial charge in [-0.1, -0.05) is 20.8 Å². The number of carboxylic acid groups (broad SMARTS) is 1. The van der Waals surface area contributed by atoms with Crippen molar-refractivity contribution >= 4 is 23.6 Å². The highest BCUT2D eigenvalue weighted by Gasteiger charge is 2.21. The zero-order valence-corrected chi connectivity index (χ0v) is 11.6. The minimum atomic E-state index is -1.11. The summed E-state index contributed by atoms with van der Waals surface area (Å²) >= 11 is 0. The highest BCUT2D eigenvalue weighted by atomic mass is 16.4. The predicted octanol–water partition coefficient (Wildman–Crippen LogP) is 0.881. The summed E-state index contributed by atoms with van der Waals surface area (Å²) in [7, 11) is 0. The van der Waals surface area contributed by atoms with E-state index in [1.165, 1.54) is 18.3 Å². The molecule has 0 unspecified atom stereocenters. The average Bonchev–Trinajstić information content (AvgIpc) is 2.35. The third kappa shape index (κ3) is 4.68. The number of aromatic carboxylic acids is 1. The third-order valence-electron chi connectivity index (χ3n) is 2.37. The molecule has 0 aliphatic rings. The van der Waals surface area contributed by atoms with Crippen LogP contribution in [0.25, 0.3) is 0 Å². The molecule has 3 N–H and O–H groups in total. The van der Waals surface area contributed by atoms with Crippen LogP contribution in [0.1, 0.15) is 31.1 Å². The van der Waals surface area contributed by atoms with Gasteiger partial charge in [0.25, 0.3) is 0 Å². The molecule has 1 rings (SSSR count). The van der Waals surface area contributed by atoms with E-state index in [9.17, 15) is 14.4 Å². The maximum absolute atomic E-state index is 11.6. The Balaban J connectivity index is 2.57. The Morgan fingerprint density at radius 2 is 1.95 bits per heavy atom. The number of hydrogen-bond donors (Lipinski definition) is 3. The second-order valence-corrected chi connectivity index (χ2v) is 5.22. The Hall–Kier alpha value is -2.44. The normalized spacial score (nSPS) is 10.8. The van der Waals surface area contributed by atoms with Gasteiger partial charge >= 0.3 is 5.97 Å². The van der Waals surface area contributed by atoms with E-state index < -0.39 is 17.3 Å². The number of aromatic nitrogens is 1. The summed E-state index contributed by atoms with van der Waals surface area (Å²) in [5.74, 6) is -1.71. The second-order valence-electron chi connectivity index (χ2n) is 5.22. The van der Waals surface area contributed by atoms with Crippen LogP contribution in [0, 0.1) is 5.41 Å². The number of carbonyl (C=O) groups is 3. The van der Waals surface area contributed by atoms with E-state index in [1.54, 1.807) is 20.8 Å². The van der Waals surface area contributed by atoms with Gasteiger partial charge in [0.15, 0.2) is 0 Å². The predicted molar refractivity (Wildman–Crippen MR) is 72.3 cm³/mol. The van der Waals surface area contributed by atoms with Crippen molar-refractivity contribution in [3.05, 3.63) is 23.9 Å². The molecule has 0 aliphatic carbocycles. The average molecular weight is 279 g/mol. The molecule has 0 bridgehead atoms. The summed E-state index contributed by atoms with van der Waals surface area (Å²) in [5.41, 5.74) is -0.559. The van der Waals surface area contributed by atoms with Gasteiger partial charge in [0.2, 0.25) is 11.8 Å². The topological polar surface area (TPSA) is 108 Å². The Morgan fingerprint density at radius 1 is 1.30 bits per heavy atom. The van der Waals surface area contributed by atoms with Gasteiger partial charge in [0.05, 0.1) is 12.1 Å². The van der Waals surface area contributed by atoms with Crippen LogP contribution < -0.4 is 10.6 Å². The molecule has 7 nitrogen and oxygen atoms in total. The summed E-state index contributed by atoms with van der Waals surface area (Å²) < 4.78 is 0. The molecule has 0 fully saturated rings. The molecule has 1 aromatic rings. The molecule has 2 amide bonds. The van der Waals surface area contributed by atoms with E-state index in [4.69, 9.17) is 5.11 Å². The van der Waals surface area contributed by atoms with E-state index in [0.29, 0.717) is 0 Å². The van der Waals surface area contributed by atoms with Crippen molar-refractivity contribution in [1.82, 2.24) is 10.3 Å². The standard InChI is InChI=1S/C13H17N3O4/c1-13(2,3)12(20)15-7-10(17)16-9-6-8(11(18)19)4-5-14-9/h4-6H,7H2,1-3H3,(H,15,20)(H,18,19)(H,14,16,17). The minimum Gasteiger partial charge on any atom is -0.478 e. The van der Waals surface area contributed by atoms with Gasteiger partial charge in [0.1, 0.15) is 5.82 Å². The van der Waals surface area contributed by atoms with Crippen LogP contribution in [0.15, 0.2) is 18.3 Å². The molecule has 0 atom stereocenters. The van der Waals surface area contributed by atoms with Crippen LogP contribution in [0.4, 0.5) is 5.82 Å². The number of hydrogen-bond acceptors (Lipinski definition) is 4. The van der Waals surface area contributed by atoms with E-state index in [-0.39, 0.29) is 23.8 Å². The molecular weight excluding hydrogens is 262 g/mol. The van der Waals surface area contributed by atoms with E-state index in [0.717, 1.165) is 0 Å². The van der Waals surface area contributed by atoms with Crippen LogP contribution in [-0.2, 0) is 9.59 Å². The highest BCUT2D eigenvalue weighted by molar-refractivity contribution is 5.95. The smallest absolute Gasteiger partial charge is 0.335 e. The lowest BCUT2D eigenvalue weighted by Gasteiger charge is -2.17. The molecule has 1 heterocycles. The van der Waals surface area contributed by atoms with Crippen molar-refractivity contribution in [3.8, 4) is 0 Å². The maximum atomic E-state index is 11.6. The van der Waals surface area contributed by atoms with Crippen LogP contribution in [0.2, 0.25) is 0 Å². The number of amides is 2. The number of carboxylic acids is 1. The number of carbonyl (C=O) groups excluding carboxylic acids is 2. The van der Waals surface area contributed by atoms with Crippen molar-refractivity contribution in [2.75, 3.05) is 11.9 Å². The van der Waals surface area contributed by atoms with Gasteiger partial charge in [-0.3, -0.25) is 9.59 Å². The van der Waals surface area contributed by atoms with Crippen LogP contribution >= 0.6 is 0 Å². The van der Waals surface area contributed by atoms with E-state index in [2.05, 4.69) is 15.6 Å². The largest absolute Gasteiger partial charge is 0.478 e. The molecule has 20 heavy (non-hydrogen) atoms. The zero-order chi connectivity index (χ0) is 15.3. The monoisotopic (exact) mass is 279 g/mol.